The standard InChI is InChI=1S/C20H12ClFN2O2S/c21-14-7-4-8-15(22)18(14)19(25)24-20-23-16-10-9-13(11-17(16)27-20)26-12-5-2-1-3-6-12/h1-11H,(H,23,24,25). The number of benzene rings is 3. The van der Waals surface area contributed by atoms with Crippen LogP contribution in [0.3, 0.4) is 0 Å². The second-order valence-electron chi connectivity index (χ2n) is 5.61. The molecule has 0 fully saturated rings. The van der Waals surface area contributed by atoms with Crippen molar-refractivity contribution in [2.45, 2.75) is 0 Å². The summed E-state index contributed by atoms with van der Waals surface area (Å²) in [6.07, 6.45) is 0. The molecule has 3 aromatic carbocycles. The number of nitrogens with zero attached hydrogens (tertiary/aromatic N) is 1. The molecule has 7 heteroatoms. The number of carbonyl (C=O) groups excluding carboxylic acids is 1. The third-order valence-electron chi connectivity index (χ3n) is 3.75. The van der Waals surface area contributed by atoms with Gasteiger partial charge in [0, 0.05) is 6.07 Å². The van der Waals surface area contributed by atoms with Crippen molar-refractivity contribution >= 4 is 44.2 Å². The van der Waals surface area contributed by atoms with Crippen LogP contribution in [-0.2, 0) is 0 Å². The van der Waals surface area contributed by atoms with E-state index >= 15 is 0 Å². The zero-order valence-corrected chi connectivity index (χ0v) is 15.4. The minimum atomic E-state index is -0.681. The van der Waals surface area contributed by atoms with Gasteiger partial charge in [-0.15, -0.1) is 0 Å². The summed E-state index contributed by atoms with van der Waals surface area (Å²) in [6, 6.07) is 19.0. The van der Waals surface area contributed by atoms with E-state index in [0.29, 0.717) is 16.4 Å². The SMILES string of the molecule is O=C(Nc1nc2ccc(Oc3ccccc3)cc2s1)c1c(F)cccc1Cl. The Bertz CT molecular complexity index is 1110. The van der Waals surface area contributed by atoms with Gasteiger partial charge in [0.15, 0.2) is 5.13 Å². The van der Waals surface area contributed by atoms with E-state index in [2.05, 4.69) is 10.3 Å². The molecule has 1 aromatic heterocycles. The molecule has 134 valence electrons. The second-order valence-corrected chi connectivity index (χ2v) is 7.05. The number of ether oxygens (including phenoxy) is 1. The maximum Gasteiger partial charge on any atom is 0.261 e. The van der Waals surface area contributed by atoms with E-state index in [1.165, 1.54) is 29.5 Å². The van der Waals surface area contributed by atoms with Crippen molar-refractivity contribution in [3.63, 3.8) is 0 Å². The molecule has 0 bridgehead atoms. The molecule has 27 heavy (non-hydrogen) atoms. The van der Waals surface area contributed by atoms with Crippen LogP contribution in [-0.4, -0.2) is 10.9 Å². The number of amides is 1. The lowest BCUT2D eigenvalue weighted by molar-refractivity contribution is 0.102. The van der Waals surface area contributed by atoms with Gasteiger partial charge in [-0.3, -0.25) is 10.1 Å². The Kier molecular flexibility index (Phi) is 4.75. The first-order valence-corrected chi connectivity index (χ1v) is 9.18. The van der Waals surface area contributed by atoms with Crippen molar-refractivity contribution in [3.8, 4) is 11.5 Å². The monoisotopic (exact) mass is 398 g/mol. The number of fused-ring (bicyclic) bond motifs is 1. The van der Waals surface area contributed by atoms with E-state index in [9.17, 15) is 9.18 Å². The summed E-state index contributed by atoms with van der Waals surface area (Å²) >= 11 is 7.20. The van der Waals surface area contributed by atoms with Gasteiger partial charge >= 0.3 is 0 Å². The zero-order chi connectivity index (χ0) is 18.8. The highest BCUT2D eigenvalue weighted by Gasteiger charge is 2.17. The van der Waals surface area contributed by atoms with Crippen LogP contribution in [0.25, 0.3) is 10.2 Å². The number of para-hydroxylation sites is 1. The molecule has 0 aliphatic rings. The lowest BCUT2D eigenvalue weighted by Crippen LogP contribution is -2.14. The summed E-state index contributed by atoms with van der Waals surface area (Å²) in [5.41, 5.74) is 0.502. The number of hydrogen-bond acceptors (Lipinski definition) is 4. The highest BCUT2D eigenvalue weighted by atomic mass is 35.5. The average molecular weight is 399 g/mol. The third-order valence-corrected chi connectivity index (χ3v) is 5.00. The summed E-state index contributed by atoms with van der Waals surface area (Å²) in [5, 5.41) is 3.00. The van der Waals surface area contributed by atoms with Gasteiger partial charge in [-0.05, 0) is 36.4 Å². The van der Waals surface area contributed by atoms with Gasteiger partial charge in [0.05, 0.1) is 20.8 Å². The number of rotatable bonds is 4. The Labute approximate surface area is 163 Å². The normalized spacial score (nSPS) is 10.7. The Morgan fingerprint density at radius 3 is 2.63 bits per heavy atom. The zero-order valence-electron chi connectivity index (χ0n) is 13.8. The number of carbonyl (C=O) groups is 1. The van der Waals surface area contributed by atoms with Gasteiger partial charge in [-0.2, -0.15) is 0 Å². The third kappa shape index (κ3) is 3.77. The maximum atomic E-state index is 13.9. The number of thiazole rings is 1. The van der Waals surface area contributed by atoms with Crippen molar-refractivity contribution < 1.29 is 13.9 Å². The molecule has 0 aliphatic heterocycles. The Morgan fingerprint density at radius 2 is 1.85 bits per heavy atom. The van der Waals surface area contributed by atoms with Crippen LogP contribution >= 0.6 is 22.9 Å². The van der Waals surface area contributed by atoms with Crippen LogP contribution in [0, 0.1) is 5.82 Å². The molecule has 0 aliphatic carbocycles. The van der Waals surface area contributed by atoms with Crippen LogP contribution in [0.1, 0.15) is 10.4 Å². The molecule has 0 saturated heterocycles. The fourth-order valence-corrected chi connectivity index (χ4v) is 3.66. The van der Waals surface area contributed by atoms with Crippen molar-refractivity contribution in [3.05, 3.63) is 83.1 Å². The fraction of sp³-hybridized carbons (Fsp3) is 0. The van der Waals surface area contributed by atoms with Crippen molar-refractivity contribution in [1.82, 2.24) is 4.98 Å². The van der Waals surface area contributed by atoms with E-state index in [0.717, 1.165) is 10.4 Å². The lowest BCUT2D eigenvalue weighted by Gasteiger charge is -2.04. The number of anilines is 1. The molecular formula is C20H12ClFN2O2S. The van der Waals surface area contributed by atoms with E-state index in [-0.39, 0.29) is 10.6 Å². The van der Waals surface area contributed by atoms with E-state index < -0.39 is 11.7 Å². The largest absolute Gasteiger partial charge is 0.457 e. The van der Waals surface area contributed by atoms with Gasteiger partial charge in [0.2, 0.25) is 0 Å². The Balaban J connectivity index is 1.57. The van der Waals surface area contributed by atoms with Crippen molar-refractivity contribution in [1.29, 1.82) is 0 Å². The van der Waals surface area contributed by atoms with E-state index in [4.69, 9.17) is 16.3 Å². The molecule has 1 heterocycles. The topological polar surface area (TPSA) is 51.2 Å². The minimum Gasteiger partial charge on any atom is -0.457 e. The first-order valence-electron chi connectivity index (χ1n) is 7.99. The first-order chi connectivity index (χ1) is 13.1. The van der Waals surface area contributed by atoms with Crippen molar-refractivity contribution in [2.75, 3.05) is 5.32 Å². The molecule has 0 radical (unpaired) electrons. The summed E-state index contributed by atoms with van der Waals surface area (Å²) in [4.78, 5) is 16.7. The van der Waals surface area contributed by atoms with Crippen molar-refractivity contribution in [2.24, 2.45) is 0 Å². The molecule has 1 N–H and O–H groups in total. The fourth-order valence-electron chi connectivity index (χ4n) is 2.52. The number of halogens is 2. The quantitative estimate of drug-likeness (QED) is 0.449. The molecular weight excluding hydrogens is 387 g/mol. The van der Waals surface area contributed by atoms with Crippen LogP contribution in [0.2, 0.25) is 5.02 Å². The predicted molar refractivity (Wildman–Crippen MR) is 105 cm³/mol. The van der Waals surface area contributed by atoms with E-state index in [1.807, 2.05) is 36.4 Å². The molecule has 4 nitrogen and oxygen atoms in total. The average Bonchev–Trinajstić information content (AvgIpc) is 3.04. The Morgan fingerprint density at radius 1 is 1.04 bits per heavy atom. The molecule has 0 saturated carbocycles. The molecule has 0 unspecified atom stereocenters. The van der Waals surface area contributed by atoms with Gasteiger partial charge in [-0.25, -0.2) is 9.37 Å². The smallest absolute Gasteiger partial charge is 0.261 e. The van der Waals surface area contributed by atoms with Crippen LogP contribution < -0.4 is 10.1 Å². The number of nitrogens with one attached hydrogen (secondary N) is 1. The summed E-state index contributed by atoms with van der Waals surface area (Å²) in [6.45, 7) is 0. The highest BCUT2D eigenvalue weighted by Crippen LogP contribution is 2.32. The molecule has 4 aromatic rings. The summed E-state index contributed by atoms with van der Waals surface area (Å²) in [7, 11) is 0. The lowest BCUT2D eigenvalue weighted by atomic mass is 10.2. The maximum absolute atomic E-state index is 13.9. The first kappa shape index (κ1) is 17.5. The Hall–Kier alpha value is -2.96. The minimum absolute atomic E-state index is 0.0483. The second kappa shape index (κ2) is 7.34. The molecule has 4 rings (SSSR count). The summed E-state index contributed by atoms with van der Waals surface area (Å²) in [5.74, 6) is 0.0639. The highest BCUT2D eigenvalue weighted by molar-refractivity contribution is 7.22. The molecule has 1 amide bonds. The van der Waals surface area contributed by atoms with Gasteiger partial charge in [0.1, 0.15) is 17.3 Å². The number of hydrogen-bond donors (Lipinski definition) is 1. The van der Waals surface area contributed by atoms with E-state index in [1.54, 1.807) is 12.1 Å². The number of aromatic nitrogens is 1. The van der Waals surface area contributed by atoms with Gasteiger partial charge in [0.25, 0.3) is 5.91 Å². The molecule has 0 atom stereocenters. The summed E-state index contributed by atoms with van der Waals surface area (Å²) < 4.78 is 20.5. The van der Waals surface area contributed by atoms with Crippen LogP contribution in [0.4, 0.5) is 9.52 Å². The van der Waals surface area contributed by atoms with Gasteiger partial charge in [-0.1, -0.05) is 47.2 Å². The van der Waals surface area contributed by atoms with Crippen LogP contribution in [0.15, 0.2) is 66.7 Å². The predicted octanol–water partition coefficient (Wildman–Crippen LogP) is 6.13. The molecule has 0 spiro atoms. The van der Waals surface area contributed by atoms with Crippen LogP contribution in [0.5, 0.6) is 11.5 Å². The van der Waals surface area contributed by atoms with Gasteiger partial charge < -0.3 is 4.74 Å².